The SMILES string of the molecule is O=C(c1ccccc1[N+](=O)[O-])N(CCBr)C1CCC1. The summed E-state index contributed by atoms with van der Waals surface area (Å²) in [5.41, 5.74) is 0.0618. The van der Waals surface area contributed by atoms with Crippen LogP contribution in [0.5, 0.6) is 0 Å². The van der Waals surface area contributed by atoms with E-state index >= 15 is 0 Å². The molecule has 1 aromatic carbocycles. The van der Waals surface area contributed by atoms with Gasteiger partial charge >= 0.3 is 0 Å². The third kappa shape index (κ3) is 2.94. The Morgan fingerprint density at radius 3 is 2.63 bits per heavy atom. The summed E-state index contributed by atoms with van der Waals surface area (Å²) in [6.45, 7) is 0.579. The number of para-hydroxylation sites is 1. The Kier molecular flexibility index (Phi) is 4.52. The minimum atomic E-state index is -0.500. The first-order valence-corrected chi connectivity index (χ1v) is 7.37. The summed E-state index contributed by atoms with van der Waals surface area (Å²) in [5.74, 6) is -0.239. The second kappa shape index (κ2) is 6.14. The molecule has 1 aromatic rings. The molecule has 0 atom stereocenters. The van der Waals surface area contributed by atoms with Gasteiger partial charge in [0.2, 0.25) is 0 Å². The van der Waals surface area contributed by atoms with E-state index in [4.69, 9.17) is 0 Å². The molecule has 2 rings (SSSR count). The molecule has 1 aliphatic carbocycles. The Morgan fingerprint density at radius 1 is 1.42 bits per heavy atom. The Bertz CT molecular complexity index is 489. The van der Waals surface area contributed by atoms with Crippen molar-refractivity contribution < 1.29 is 9.72 Å². The zero-order valence-corrected chi connectivity index (χ0v) is 12.0. The monoisotopic (exact) mass is 326 g/mol. The van der Waals surface area contributed by atoms with Crippen LogP contribution >= 0.6 is 15.9 Å². The third-order valence-corrected chi connectivity index (χ3v) is 3.79. The topological polar surface area (TPSA) is 63.4 Å². The highest BCUT2D eigenvalue weighted by Crippen LogP contribution is 2.28. The molecular weight excluding hydrogens is 312 g/mol. The largest absolute Gasteiger partial charge is 0.335 e. The van der Waals surface area contributed by atoms with E-state index in [-0.39, 0.29) is 23.2 Å². The van der Waals surface area contributed by atoms with Crippen LogP contribution in [-0.4, -0.2) is 33.6 Å². The van der Waals surface area contributed by atoms with Crippen LogP contribution in [0.15, 0.2) is 24.3 Å². The van der Waals surface area contributed by atoms with Crippen LogP contribution < -0.4 is 0 Å². The van der Waals surface area contributed by atoms with Gasteiger partial charge in [0, 0.05) is 24.0 Å². The quantitative estimate of drug-likeness (QED) is 0.474. The molecule has 0 bridgehead atoms. The molecule has 0 aromatic heterocycles. The van der Waals surface area contributed by atoms with Crippen molar-refractivity contribution in [3.05, 3.63) is 39.9 Å². The van der Waals surface area contributed by atoms with Gasteiger partial charge in [-0.25, -0.2) is 0 Å². The van der Waals surface area contributed by atoms with E-state index in [1.165, 1.54) is 12.1 Å². The first-order chi connectivity index (χ1) is 9.15. The van der Waals surface area contributed by atoms with Crippen LogP contribution in [0.3, 0.4) is 0 Å². The molecule has 0 aliphatic heterocycles. The smallest absolute Gasteiger partial charge is 0.282 e. The van der Waals surface area contributed by atoms with Gasteiger partial charge in [-0.1, -0.05) is 28.1 Å². The highest BCUT2D eigenvalue weighted by molar-refractivity contribution is 9.09. The van der Waals surface area contributed by atoms with Crippen molar-refractivity contribution in [1.29, 1.82) is 0 Å². The summed E-state index contributed by atoms with van der Waals surface area (Å²) in [4.78, 5) is 24.7. The maximum atomic E-state index is 12.5. The average molecular weight is 327 g/mol. The summed E-state index contributed by atoms with van der Waals surface area (Å²) in [6.07, 6.45) is 3.09. The minimum Gasteiger partial charge on any atom is -0.335 e. The number of hydrogen-bond donors (Lipinski definition) is 0. The van der Waals surface area contributed by atoms with E-state index in [0.717, 1.165) is 19.3 Å². The average Bonchev–Trinajstić information content (AvgIpc) is 2.35. The summed E-state index contributed by atoms with van der Waals surface area (Å²) < 4.78 is 0. The molecule has 0 unspecified atom stereocenters. The number of amides is 1. The molecule has 0 heterocycles. The molecular formula is C13H15BrN2O3. The molecule has 102 valence electrons. The van der Waals surface area contributed by atoms with Crippen LogP contribution in [0.4, 0.5) is 5.69 Å². The molecule has 0 spiro atoms. The first-order valence-electron chi connectivity index (χ1n) is 6.25. The number of carbonyl (C=O) groups excluding carboxylic acids is 1. The number of nitro benzene ring substituents is 1. The number of nitro groups is 1. The molecule has 0 N–H and O–H groups in total. The van der Waals surface area contributed by atoms with Gasteiger partial charge in [0.25, 0.3) is 11.6 Å². The van der Waals surface area contributed by atoms with Crippen molar-refractivity contribution >= 4 is 27.5 Å². The molecule has 1 aliphatic rings. The summed E-state index contributed by atoms with van der Waals surface area (Å²) >= 11 is 3.33. The van der Waals surface area contributed by atoms with Crippen molar-refractivity contribution in [2.24, 2.45) is 0 Å². The Labute approximate surface area is 119 Å². The van der Waals surface area contributed by atoms with Crippen LogP contribution in [-0.2, 0) is 0 Å². The zero-order chi connectivity index (χ0) is 13.8. The van der Waals surface area contributed by atoms with E-state index < -0.39 is 4.92 Å². The Hall–Kier alpha value is -1.43. The van der Waals surface area contributed by atoms with E-state index in [9.17, 15) is 14.9 Å². The van der Waals surface area contributed by atoms with Crippen molar-refractivity contribution in [3.63, 3.8) is 0 Å². The van der Waals surface area contributed by atoms with Crippen LogP contribution in [0.1, 0.15) is 29.6 Å². The van der Waals surface area contributed by atoms with Crippen LogP contribution in [0.25, 0.3) is 0 Å². The van der Waals surface area contributed by atoms with Crippen LogP contribution in [0.2, 0.25) is 0 Å². The van der Waals surface area contributed by atoms with Gasteiger partial charge in [0.05, 0.1) is 4.92 Å². The number of alkyl halides is 1. The van der Waals surface area contributed by atoms with Crippen molar-refractivity contribution in [1.82, 2.24) is 4.90 Å². The maximum absolute atomic E-state index is 12.5. The van der Waals surface area contributed by atoms with E-state index in [0.29, 0.717) is 11.9 Å². The van der Waals surface area contributed by atoms with Gasteiger partial charge < -0.3 is 4.90 Å². The molecule has 1 fully saturated rings. The highest BCUT2D eigenvalue weighted by atomic mass is 79.9. The standard InChI is InChI=1S/C13H15BrN2O3/c14-8-9-15(10-4-3-5-10)13(17)11-6-1-2-7-12(11)16(18)19/h1-2,6-7,10H,3-5,8-9H2. The fourth-order valence-corrected chi connectivity index (χ4v) is 2.59. The second-order valence-corrected chi connectivity index (χ2v) is 5.34. The molecule has 0 radical (unpaired) electrons. The van der Waals surface area contributed by atoms with Crippen molar-refractivity contribution in [3.8, 4) is 0 Å². The van der Waals surface area contributed by atoms with E-state index in [1.807, 2.05) is 0 Å². The highest BCUT2D eigenvalue weighted by Gasteiger charge is 2.31. The van der Waals surface area contributed by atoms with Gasteiger partial charge in [-0.2, -0.15) is 0 Å². The predicted molar refractivity (Wildman–Crippen MR) is 75.6 cm³/mol. The lowest BCUT2D eigenvalue weighted by Crippen LogP contribution is -2.45. The summed E-state index contributed by atoms with van der Waals surface area (Å²) in [6, 6.07) is 6.37. The lowest BCUT2D eigenvalue weighted by atomic mass is 9.91. The molecule has 5 nitrogen and oxygen atoms in total. The van der Waals surface area contributed by atoms with Gasteiger partial charge in [0.15, 0.2) is 0 Å². The molecule has 1 saturated carbocycles. The number of benzene rings is 1. The van der Waals surface area contributed by atoms with Gasteiger partial charge in [-0.05, 0) is 25.3 Å². The fraction of sp³-hybridized carbons (Fsp3) is 0.462. The lowest BCUT2D eigenvalue weighted by Gasteiger charge is -2.37. The molecule has 0 saturated heterocycles. The van der Waals surface area contributed by atoms with E-state index in [2.05, 4.69) is 15.9 Å². The number of rotatable bonds is 5. The molecule has 6 heteroatoms. The van der Waals surface area contributed by atoms with Crippen molar-refractivity contribution in [2.45, 2.75) is 25.3 Å². The minimum absolute atomic E-state index is 0.119. The van der Waals surface area contributed by atoms with Crippen molar-refractivity contribution in [2.75, 3.05) is 11.9 Å². The van der Waals surface area contributed by atoms with E-state index in [1.54, 1.807) is 17.0 Å². The fourth-order valence-electron chi connectivity index (χ4n) is 2.21. The normalized spacial score (nSPS) is 14.8. The Balaban J connectivity index is 2.28. The number of hydrogen-bond acceptors (Lipinski definition) is 3. The number of carbonyl (C=O) groups is 1. The molecule has 19 heavy (non-hydrogen) atoms. The predicted octanol–water partition coefficient (Wildman–Crippen LogP) is 2.98. The number of nitrogens with zero attached hydrogens (tertiary/aromatic N) is 2. The van der Waals surface area contributed by atoms with Gasteiger partial charge in [0.1, 0.15) is 5.56 Å². The first kappa shape index (κ1) is 14.0. The van der Waals surface area contributed by atoms with Gasteiger partial charge in [-0.3, -0.25) is 14.9 Å². The zero-order valence-electron chi connectivity index (χ0n) is 10.4. The Morgan fingerprint density at radius 2 is 2.11 bits per heavy atom. The summed E-state index contributed by atoms with van der Waals surface area (Å²) in [7, 11) is 0. The third-order valence-electron chi connectivity index (χ3n) is 3.43. The van der Waals surface area contributed by atoms with Crippen LogP contribution in [0, 0.1) is 10.1 Å². The molecule has 1 amide bonds. The summed E-state index contributed by atoms with van der Waals surface area (Å²) in [5, 5.41) is 11.7. The number of halogens is 1. The second-order valence-electron chi connectivity index (χ2n) is 4.55. The van der Waals surface area contributed by atoms with Gasteiger partial charge in [-0.15, -0.1) is 0 Å². The maximum Gasteiger partial charge on any atom is 0.282 e. The lowest BCUT2D eigenvalue weighted by molar-refractivity contribution is -0.385.